The fourth-order valence-electron chi connectivity index (χ4n) is 20.8. The van der Waals surface area contributed by atoms with Crippen molar-refractivity contribution in [2.24, 2.45) is 94.1 Å². The van der Waals surface area contributed by atoms with Crippen molar-refractivity contribution < 1.29 is 0 Å². The molecule has 0 aromatic rings. The van der Waals surface area contributed by atoms with Crippen molar-refractivity contribution in [3.05, 3.63) is 0 Å². The van der Waals surface area contributed by atoms with Gasteiger partial charge in [-0.15, -0.1) is 0 Å². The zero-order valence-corrected chi connectivity index (χ0v) is 27.5. The third-order valence-electron chi connectivity index (χ3n) is 23.1. The molecular formula is C36H60. The van der Waals surface area contributed by atoms with Crippen LogP contribution in [0, 0.1) is 94.1 Å². The maximum Gasteiger partial charge on any atom is -0.0131 e. The van der Waals surface area contributed by atoms with Gasteiger partial charge in [0.15, 0.2) is 0 Å². The molecule has 0 heterocycles. The van der Waals surface area contributed by atoms with Crippen LogP contribution < -0.4 is 0 Å². The predicted octanol–water partition coefficient (Wildman–Crippen LogP) is 10.1. The van der Waals surface area contributed by atoms with Crippen LogP contribution in [0.5, 0.6) is 0 Å². The Kier molecular flexibility index (Phi) is 3.39. The van der Waals surface area contributed by atoms with Crippen LogP contribution >= 0.6 is 0 Å². The molecule has 7 aliphatic carbocycles. The minimum Gasteiger partial charge on any atom is -0.0619 e. The van der Waals surface area contributed by atoms with Gasteiger partial charge in [0.05, 0.1) is 0 Å². The van der Waals surface area contributed by atoms with Gasteiger partial charge in [0.25, 0.3) is 0 Å². The van der Waals surface area contributed by atoms with Gasteiger partial charge in [0.2, 0.25) is 0 Å². The number of fused-ring (bicyclic) bond motifs is 15. The predicted molar refractivity (Wildman–Crippen MR) is 152 cm³/mol. The Bertz CT molecular complexity index is 1180. The first-order valence-electron chi connectivity index (χ1n) is 15.9. The van der Waals surface area contributed by atoms with Gasteiger partial charge in [-0.1, -0.05) is 125 Å². The zero-order chi connectivity index (χ0) is 27.5. The smallest absolute Gasteiger partial charge is 0.0131 e. The summed E-state index contributed by atoms with van der Waals surface area (Å²) in [4.78, 5) is 0. The van der Waals surface area contributed by atoms with E-state index in [2.05, 4.69) is 125 Å². The van der Waals surface area contributed by atoms with E-state index in [1.165, 1.54) is 6.42 Å². The van der Waals surface area contributed by atoms with Gasteiger partial charge in [0, 0.05) is 0 Å². The minimum atomic E-state index is 0.273. The van der Waals surface area contributed by atoms with Crippen LogP contribution in [0.1, 0.15) is 131 Å². The molecule has 0 N–H and O–H groups in total. The highest BCUT2D eigenvalue weighted by Gasteiger charge is 3.16. The number of hydrogen-bond acceptors (Lipinski definition) is 0. The monoisotopic (exact) mass is 492 g/mol. The highest BCUT2D eigenvalue weighted by molar-refractivity contribution is 5.62. The molecule has 36 heavy (non-hydrogen) atoms. The largest absolute Gasteiger partial charge is 0.0619 e. The maximum absolute atomic E-state index is 2.87. The molecule has 16 unspecified atom stereocenters. The van der Waals surface area contributed by atoms with Crippen LogP contribution in [-0.2, 0) is 0 Å². The standard InChI is InChI=1S/C36H60/c1-20-19-21(2)26(8)25(20,7)29(11)24(5,6)30(12)34(16,31(26,29)13)36(18)33(15)28(10)23(4)22(3)27(28,9)32(33,14)35(30,36)17/h20-23H,19H2,1-18H3. The summed E-state index contributed by atoms with van der Waals surface area (Å²) in [5, 5.41) is 0. The lowest BCUT2D eigenvalue weighted by Crippen LogP contribution is -3.09. The minimum absolute atomic E-state index is 0.273. The average molecular weight is 493 g/mol. The van der Waals surface area contributed by atoms with E-state index in [4.69, 9.17) is 0 Å². The van der Waals surface area contributed by atoms with Gasteiger partial charge in [-0.2, -0.15) is 0 Å². The lowest BCUT2D eigenvalue weighted by molar-refractivity contribution is -0.662. The van der Waals surface area contributed by atoms with Crippen molar-refractivity contribution in [1.82, 2.24) is 0 Å². The molecule has 0 aliphatic heterocycles. The molecule has 0 heteroatoms. The van der Waals surface area contributed by atoms with E-state index >= 15 is 0 Å². The molecule has 16 atom stereocenters. The molecule has 7 rings (SSSR count). The molecule has 0 aromatic carbocycles. The van der Waals surface area contributed by atoms with Gasteiger partial charge in [-0.3, -0.25) is 0 Å². The second-order valence-corrected chi connectivity index (χ2v) is 19.0. The fraction of sp³-hybridized carbons (Fsp3) is 1.00. The highest BCUT2D eigenvalue weighted by Crippen LogP contribution is 3.19. The Hall–Kier alpha value is 0. The van der Waals surface area contributed by atoms with Crippen molar-refractivity contribution in [1.29, 1.82) is 0 Å². The summed E-state index contributed by atoms with van der Waals surface area (Å²) in [5.41, 5.74) is 4.65. The average Bonchev–Trinajstić information content (AvgIpc) is 3.04. The normalized spacial score (nSPS) is 80.8. The van der Waals surface area contributed by atoms with Crippen LogP contribution in [0.3, 0.4) is 0 Å². The topological polar surface area (TPSA) is 0 Å². The molecule has 0 spiro atoms. The van der Waals surface area contributed by atoms with E-state index in [0.29, 0.717) is 65.0 Å². The van der Waals surface area contributed by atoms with Crippen LogP contribution in [0.15, 0.2) is 0 Å². The van der Waals surface area contributed by atoms with Crippen LogP contribution in [0.25, 0.3) is 0 Å². The molecule has 204 valence electrons. The molecule has 7 fully saturated rings. The Labute approximate surface area is 224 Å². The molecule has 0 amide bonds. The fourth-order valence-corrected chi connectivity index (χ4v) is 20.8. The Morgan fingerprint density at radius 3 is 0.972 bits per heavy atom. The highest BCUT2D eigenvalue weighted by atomic mass is 15.2. The molecule has 7 aliphatic rings. The first kappa shape index (κ1) is 25.0. The van der Waals surface area contributed by atoms with Gasteiger partial charge >= 0.3 is 0 Å². The lowest BCUT2D eigenvalue weighted by atomic mass is 8.91. The summed E-state index contributed by atoms with van der Waals surface area (Å²) in [6, 6.07) is 0. The summed E-state index contributed by atoms with van der Waals surface area (Å²) in [7, 11) is 0. The SMILES string of the molecule is CC1CC(C)C2(C)C1(C)C1(C)C(C)(C)C3(C)C(C)(C21C)C1(C)C2(C)C4(C)C(C)C(C)C4(C)C2(C)C31C. The second-order valence-electron chi connectivity index (χ2n) is 19.0. The van der Waals surface area contributed by atoms with Crippen molar-refractivity contribution in [3.63, 3.8) is 0 Å². The maximum atomic E-state index is 2.87. The van der Waals surface area contributed by atoms with Gasteiger partial charge < -0.3 is 0 Å². The molecule has 0 aromatic heterocycles. The second kappa shape index (κ2) is 4.89. The third kappa shape index (κ3) is 1.08. The Balaban J connectivity index is 1.60. The van der Waals surface area contributed by atoms with E-state index in [-0.39, 0.29) is 5.41 Å². The molecule has 0 saturated heterocycles. The number of rotatable bonds is 0. The number of hydrogen-bond donors (Lipinski definition) is 0. The molecular weight excluding hydrogens is 432 g/mol. The Morgan fingerprint density at radius 1 is 0.333 bits per heavy atom. The molecule has 0 radical (unpaired) electrons. The van der Waals surface area contributed by atoms with E-state index in [1.807, 2.05) is 0 Å². The first-order chi connectivity index (χ1) is 15.9. The van der Waals surface area contributed by atoms with E-state index in [9.17, 15) is 0 Å². The first-order valence-corrected chi connectivity index (χ1v) is 15.9. The van der Waals surface area contributed by atoms with Crippen molar-refractivity contribution >= 4 is 0 Å². The summed E-state index contributed by atoms with van der Waals surface area (Å²) in [6.45, 7) is 49.8. The third-order valence-corrected chi connectivity index (χ3v) is 23.1. The van der Waals surface area contributed by atoms with Crippen molar-refractivity contribution in [2.45, 2.75) is 131 Å². The molecule has 0 bridgehead atoms. The van der Waals surface area contributed by atoms with E-state index in [1.54, 1.807) is 0 Å². The summed E-state index contributed by atoms with van der Waals surface area (Å²) in [6.07, 6.45) is 1.41. The van der Waals surface area contributed by atoms with Crippen LogP contribution in [0.2, 0.25) is 0 Å². The molecule has 0 nitrogen and oxygen atoms in total. The quantitative estimate of drug-likeness (QED) is 0.295. The van der Waals surface area contributed by atoms with Crippen molar-refractivity contribution in [3.8, 4) is 0 Å². The summed E-state index contributed by atoms with van der Waals surface area (Å²) < 4.78 is 0. The van der Waals surface area contributed by atoms with Crippen LogP contribution in [0.4, 0.5) is 0 Å². The van der Waals surface area contributed by atoms with E-state index < -0.39 is 0 Å². The molecule has 7 saturated carbocycles. The summed E-state index contributed by atoms with van der Waals surface area (Å²) in [5.74, 6) is 3.23. The summed E-state index contributed by atoms with van der Waals surface area (Å²) >= 11 is 0. The lowest BCUT2D eigenvalue weighted by Gasteiger charge is -3.12. The zero-order valence-electron chi connectivity index (χ0n) is 27.5. The van der Waals surface area contributed by atoms with Gasteiger partial charge in [0.1, 0.15) is 0 Å². The van der Waals surface area contributed by atoms with Crippen molar-refractivity contribution in [2.75, 3.05) is 0 Å². The van der Waals surface area contributed by atoms with Gasteiger partial charge in [-0.05, 0) is 100 Å². The van der Waals surface area contributed by atoms with Gasteiger partial charge in [-0.25, -0.2) is 0 Å². The Morgan fingerprint density at radius 2 is 0.611 bits per heavy atom. The van der Waals surface area contributed by atoms with Crippen LogP contribution in [-0.4, -0.2) is 0 Å². The van der Waals surface area contributed by atoms with E-state index in [0.717, 1.165) is 23.7 Å².